The minimum atomic E-state index is -1.52. The van der Waals surface area contributed by atoms with E-state index in [1.54, 1.807) is 60.7 Å². The fourth-order valence-corrected chi connectivity index (χ4v) is 3.40. The number of nitrogens with two attached hydrogens (primary N) is 1. The van der Waals surface area contributed by atoms with Gasteiger partial charge in [0.2, 0.25) is 5.91 Å². The van der Waals surface area contributed by atoms with Crippen molar-refractivity contribution in [1.29, 1.82) is 5.41 Å². The number of aliphatic carboxylic acids is 2. The smallest absolute Gasteiger partial charge is 0.326 e. The van der Waals surface area contributed by atoms with Crippen LogP contribution in [0.4, 0.5) is 4.79 Å². The van der Waals surface area contributed by atoms with Gasteiger partial charge in [0.25, 0.3) is 0 Å². The summed E-state index contributed by atoms with van der Waals surface area (Å²) in [6.07, 6.45) is 1.12. The summed E-state index contributed by atoms with van der Waals surface area (Å²) in [7, 11) is 0. The summed E-state index contributed by atoms with van der Waals surface area (Å²) in [5.41, 5.74) is 7.30. The van der Waals surface area contributed by atoms with Crippen LogP contribution in [0.15, 0.2) is 67.3 Å². The Bertz CT molecular complexity index is 1100. The second-order valence-electron chi connectivity index (χ2n) is 7.97. The molecule has 36 heavy (non-hydrogen) atoms. The number of rotatable bonds is 13. The molecule has 0 radical (unpaired) electrons. The van der Waals surface area contributed by atoms with Crippen LogP contribution in [-0.2, 0) is 20.8 Å². The number of urea groups is 1. The van der Waals surface area contributed by atoms with Crippen molar-refractivity contribution in [3.8, 4) is 0 Å². The SMILES string of the molecule is C=CCC(NC(=O)N[C@@H](CC(=O)O)C(=O)N[C@@H](Cc1ccccc1)C(=O)O)c1ccc(C(=N)N)cc1. The number of benzene rings is 2. The number of carboxylic acids is 2. The normalized spacial score (nSPS) is 12.9. The summed E-state index contributed by atoms with van der Waals surface area (Å²) >= 11 is 0. The van der Waals surface area contributed by atoms with E-state index in [-0.39, 0.29) is 12.3 Å². The van der Waals surface area contributed by atoms with E-state index in [0.717, 1.165) is 0 Å². The third-order valence-corrected chi connectivity index (χ3v) is 5.23. The second-order valence-corrected chi connectivity index (χ2v) is 7.97. The highest BCUT2D eigenvalue weighted by molar-refractivity contribution is 5.95. The van der Waals surface area contributed by atoms with Crippen molar-refractivity contribution in [2.45, 2.75) is 37.4 Å². The zero-order valence-corrected chi connectivity index (χ0v) is 19.4. The average Bonchev–Trinajstić information content (AvgIpc) is 2.83. The zero-order valence-electron chi connectivity index (χ0n) is 19.4. The number of carbonyl (C=O) groups excluding carboxylic acids is 2. The number of hydrogen-bond acceptors (Lipinski definition) is 5. The molecule has 0 saturated heterocycles. The molecule has 8 N–H and O–H groups in total. The van der Waals surface area contributed by atoms with Gasteiger partial charge < -0.3 is 31.9 Å². The fourth-order valence-electron chi connectivity index (χ4n) is 3.40. The number of nitrogen functional groups attached to an aromatic ring is 1. The van der Waals surface area contributed by atoms with E-state index >= 15 is 0 Å². The van der Waals surface area contributed by atoms with E-state index in [0.29, 0.717) is 23.1 Å². The maximum atomic E-state index is 12.8. The van der Waals surface area contributed by atoms with Gasteiger partial charge in [0, 0.05) is 12.0 Å². The van der Waals surface area contributed by atoms with Gasteiger partial charge >= 0.3 is 18.0 Å². The van der Waals surface area contributed by atoms with Crippen molar-refractivity contribution in [3.05, 3.63) is 83.9 Å². The predicted octanol–water partition coefficient (Wildman–Crippen LogP) is 1.54. The molecule has 11 nitrogen and oxygen atoms in total. The Balaban J connectivity index is 2.12. The van der Waals surface area contributed by atoms with Crippen LogP contribution in [0.3, 0.4) is 0 Å². The molecule has 11 heteroatoms. The lowest BCUT2D eigenvalue weighted by Crippen LogP contribution is -2.54. The molecule has 0 spiro atoms. The van der Waals surface area contributed by atoms with Crippen LogP contribution in [0, 0.1) is 5.41 Å². The summed E-state index contributed by atoms with van der Waals surface area (Å²) < 4.78 is 0. The van der Waals surface area contributed by atoms with Gasteiger partial charge in [-0.2, -0.15) is 0 Å². The van der Waals surface area contributed by atoms with Crippen molar-refractivity contribution >= 4 is 29.7 Å². The Kier molecular flexibility index (Phi) is 10.2. The Morgan fingerprint density at radius 2 is 1.58 bits per heavy atom. The minimum absolute atomic E-state index is 0.0223. The van der Waals surface area contributed by atoms with Gasteiger partial charge in [0.15, 0.2) is 0 Å². The molecule has 0 aromatic heterocycles. The van der Waals surface area contributed by atoms with E-state index < -0.39 is 48.4 Å². The quantitative estimate of drug-likeness (QED) is 0.124. The molecular weight excluding hydrogens is 466 g/mol. The first-order valence-corrected chi connectivity index (χ1v) is 11.0. The molecule has 0 bridgehead atoms. The van der Waals surface area contributed by atoms with Gasteiger partial charge in [-0.15, -0.1) is 6.58 Å². The first-order valence-electron chi connectivity index (χ1n) is 11.0. The van der Waals surface area contributed by atoms with Crippen molar-refractivity contribution < 1.29 is 29.4 Å². The highest BCUT2D eigenvalue weighted by Crippen LogP contribution is 2.18. The molecule has 0 aliphatic carbocycles. The predicted molar refractivity (Wildman–Crippen MR) is 132 cm³/mol. The number of carboxylic acid groups (broad SMARTS) is 2. The van der Waals surface area contributed by atoms with E-state index in [2.05, 4.69) is 22.5 Å². The monoisotopic (exact) mass is 495 g/mol. The summed E-state index contributed by atoms with van der Waals surface area (Å²) in [5, 5.41) is 33.5. The van der Waals surface area contributed by atoms with E-state index in [9.17, 15) is 29.4 Å². The largest absolute Gasteiger partial charge is 0.481 e. The highest BCUT2D eigenvalue weighted by Gasteiger charge is 2.29. The second kappa shape index (κ2) is 13.3. The van der Waals surface area contributed by atoms with Crippen molar-refractivity contribution in [1.82, 2.24) is 16.0 Å². The van der Waals surface area contributed by atoms with Crippen LogP contribution in [0.2, 0.25) is 0 Å². The molecule has 2 aromatic carbocycles. The molecule has 190 valence electrons. The Hall–Kier alpha value is -4.67. The van der Waals surface area contributed by atoms with Crippen molar-refractivity contribution in [2.24, 2.45) is 5.73 Å². The number of amides is 3. The average molecular weight is 496 g/mol. The zero-order chi connectivity index (χ0) is 26.7. The lowest BCUT2D eigenvalue weighted by molar-refractivity contribution is -0.142. The molecule has 1 unspecified atom stereocenters. The van der Waals surface area contributed by atoms with Gasteiger partial charge in [-0.05, 0) is 17.5 Å². The van der Waals surface area contributed by atoms with Gasteiger partial charge in [-0.25, -0.2) is 9.59 Å². The minimum Gasteiger partial charge on any atom is -0.481 e. The van der Waals surface area contributed by atoms with Crippen LogP contribution < -0.4 is 21.7 Å². The Morgan fingerprint density at radius 3 is 2.11 bits per heavy atom. The van der Waals surface area contributed by atoms with E-state index in [4.69, 9.17) is 11.1 Å². The highest BCUT2D eigenvalue weighted by atomic mass is 16.4. The molecule has 3 amide bonds. The van der Waals surface area contributed by atoms with Crippen LogP contribution in [0.5, 0.6) is 0 Å². The maximum absolute atomic E-state index is 12.8. The summed E-state index contributed by atoms with van der Waals surface area (Å²) in [4.78, 5) is 48.5. The van der Waals surface area contributed by atoms with Gasteiger partial charge in [0.1, 0.15) is 17.9 Å². The third kappa shape index (κ3) is 8.60. The standard InChI is InChI=1S/C25H29N5O6/c1-2-6-18(16-9-11-17(12-10-16)22(26)27)29-25(36)30-19(14-21(31)32)23(33)28-20(24(34)35)13-15-7-4-3-5-8-15/h2-5,7-12,18-20H,1,6,13-14H2,(H3,26,27)(H,28,33)(H,31,32)(H,34,35)(H2,29,30,36)/t18?,19-,20-/m0/s1. The van der Waals surface area contributed by atoms with Crippen molar-refractivity contribution in [2.75, 3.05) is 0 Å². The van der Waals surface area contributed by atoms with Crippen molar-refractivity contribution in [3.63, 3.8) is 0 Å². The van der Waals surface area contributed by atoms with E-state index in [1.165, 1.54) is 0 Å². The molecule has 2 aromatic rings. The molecule has 2 rings (SSSR count). The van der Waals surface area contributed by atoms with Gasteiger partial charge in [-0.1, -0.05) is 60.7 Å². The lowest BCUT2D eigenvalue weighted by atomic mass is 10.0. The first kappa shape index (κ1) is 27.6. The third-order valence-electron chi connectivity index (χ3n) is 5.23. The fraction of sp³-hybridized carbons (Fsp3) is 0.240. The first-order chi connectivity index (χ1) is 17.1. The topological polar surface area (TPSA) is 195 Å². The van der Waals surface area contributed by atoms with Crippen LogP contribution in [-0.4, -0.2) is 52.0 Å². The maximum Gasteiger partial charge on any atom is 0.326 e. The van der Waals surface area contributed by atoms with Crippen LogP contribution >= 0.6 is 0 Å². The van der Waals surface area contributed by atoms with E-state index in [1.807, 2.05) is 0 Å². The Morgan fingerprint density at radius 1 is 0.944 bits per heavy atom. The number of hydrogen-bond donors (Lipinski definition) is 7. The molecular formula is C25H29N5O6. The Labute approximate surface area is 207 Å². The summed E-state index contributed by atoms with van der Waals surface area (Å²) in [6, 6.07) is 11.0. The van der Waals surface area contributed by atoms with Crippen LogP contribution in [0.1, 0.15) is 35.6 Å². The van der Waals surface area contributed by atoms with Gasteiger partial charge in [0.05, 0.1) is 12.5 Å². The molecule has 0 fully saturated rings. The number of carbonyl (C=O) groups is 4. The lowest BCUT2D eigenvalue weighted by Gasteiger charge is -2.23. The number of nitrogens with one attached hydrogen (secondary N) is 4. The molecule has 0 heterocycles. The summed E-state index contributed by atoms with van der Waals surface area (Å²) in [5.74, 6) is -3.71. The summed E-state index contributed by atoms with van der Waals surface area (Å²) in [6.45, 7) is 3.67. The van der Waals surface area contributed by atoms with Crippen LogP contribution in [0.25, 0.3) is 0 Å². The molecule has 0 aliphatic rings. The van der Waals surface area contributed by atoms with Gasteiger partial charge in [-0.3, -0.25) is 15.0 Å². The number of amidine groups is 1. The molecule has 0 saturated carbocycles. The molecule has 3 atom stereocenters. The molecule has 0 aliphatic heterocycles.